The quantitative estimate of drug-likeness (QED) is 0.612. The molecule has 0 atom stereocenters. The van der Waals surface area contributed by atoms with E-state index in [0.29, 0.717) is 5.82 Å². The summed E-state index contributed by atoms with van der Waals surface area (Å²) in [6, 6.07) is 3.95. The fourth-order valence-electron chi connectivity index (χ4n) is 3.58. The lowest BCUT2D eigenvalue weighted by molar-refractivity contribution is 0.319. The molecule has 5 rings (SSSR count). The first kappa shape index (κ1) is 14.9. The molecule has 0 unspecified atom stereocenters. The molecule has 0 bridgehead atoms. The molecule has 1 aliphatic heterocycles. The zero-order valence-corrected chi connectivity index (χ0v) is 14.8. The minimum Gasteiger partial charge on any atom is -0.382 e. The van der Waals surface area contributed by atoms with Crippen molar-refractivity contribution in [2.45, 2.75) is 19.4 Å². The maximum atomic E-state index is 6.22. The molecule has 0 saturated carbocycles. The topological polar surface area (TPSA) is 77.8 Å². The summed E-state index contributed by atoms with van der Waals surface area (Å²) in [6.45, 7) is 3.16. The van der Waals surface area contributed by atoms with Crippen LogP contribution in [0.2, 0.25) is 0 Å². The van der Waals surface area contributed by atoms with Gasteiger partial charge in [0.2, 0.25) is 0 Å². The number of pyridine rings is 1. The fraction of sp³-hybridized carbons (Fsp3) is 0.353. The maximum absolute atomic E-state index is 6.22. The molecule has 2 N–H and O–H groups in total. The van der Waals surface area contributed by atoms with E-state index in [2.05, 4.69) is 26.6 Å². The number of nitrogens with two attached hydrogens (primary N) is 1. The highest BCUT2D eigenvalue weighted by atomic mass is 32.1. The predicted molar refractivity (Wildman–Crippen MR) is 99.9 cm³/mol. The van der Waals surface area contributed by atoms with Crippen LogP contribution in [0.4, 0.5) is 5.82 Å². The number of nitrogens with zero attached hydrogens (tertiary/aromatic N) is 6. The van der Waals surface area contributed by atoms with Crippen molar-refractivity contribution >= 4 is 38.4 Å². The van der Waals surface area contributed by atoms with Gasteiger partial charge in [0.25, 0.3) is 0 Å². The Bertz CT molecular complexity index is 1050. The molecule has 1 saturated heterocycles. The highest BCUT2D eigenvalue weighted by molar-refractivity contribution is 7.22. The van der Waals surface area contributed by atoms with Crippen molar-refractivity contribution < 1.29 is 0 Å². The van der Waals surface area contributed by atoms with E-state index >= 15 is 0 Å². The van der Waals surface area contributed by atoms with Gasteiger partial charge in [-0.25, -0.2) is 14.6 Å². The average Bonchev–Trinajstić information content (AvgIpc) is 3.35. The second-order valence-electron chi connectivity index (χ2n) is 6.51. The number of likely N-dealkylation sites (tertiary alicyclic amines) is 1. The van der Waals surface area contributed by atoms with Crippen molar-refractivity contribution in [2.24, 2.45) is 7.05 Å². The van der Waals surface area contributed by atoms with Crippen LogP contribution in [0, 0.1) is 0 Å². The largest absolute Gasteiger partial charge is 0.382 e. The first-order valence-electron chi connectivity index (χ1n) is 8.47. The third-order valence-corrected chi connectivity index (χ3v) is 6.00. The van der Waals surface area contributed by atoms with Crippen LogP contribution in [0.1, 0.15) is 18.7 Å². The molecule has 0 spiro atoms. The highest BCUT2D eigenvalue weighted by Crippen LogP contribution is 2.35. The molecule has 25 heavy (non-hydrogen) atoms. The molecule has 128 valence electrons. The van der Waals surface area contributed by atoms with Gasteiger partial charge in [0.05, 0.1) is 22.3 Å². The summed E-state index contributed by atoms with van der Waals surface area (Å²) in [5.74, 6) is 1.54. The number of thiophene rings is 1. The summed E-state index contributed by atoms with van der Waals surface area (Å²) in [7, 11) is 2.08. The third kappa shape index (κ3) is 2.32. The smallest absolute Gasteiger partial charge is 0.152 e. The van der Waals surface area contributed by atoms with Crippen molar-refractivity contribution in [1.29, 1.82) is 0 Å². The van der Waals surface area contributed by atoms with Crippen molar-refractivity contribution in [3.63, 3.8) is 0 Å². The van der Waals surface area contributed by atoms with Crippen LogP contribution in [0.5, 0.6) is 0 Å². The van der Waals surface area contributed by atoms with Crippen LogP contribution in [0.3, 0.4) is 0 Å². The van der Waals surface area contributed by atoms with E-state index < -0.39 is 0 Å². The van der Waals surface area contributed by atoms with E-state index in [4.69, 9.17) is 10.7 Å². The molecule has 4 aromatic heterocycles. The van der Waals surface area contributed by atoms with Gasteiger partial charge in [-0.05, 0) is 32.0 Å². The van der Waals surface area contributed by atoms with E-state index in [-0.39, 0.29) is 0 Å². The number of aryl methyl sites for hydroxylation is 1. The molecule has 7 nitrogen and oxygen atoms in total. The summed E-state index contributed by atoms with van der Waals surface area (Å²) in [6.07, 6.45) is 6.26. The fourth-order valence-corrected chi connectivity index (χ4v) is 4.70. The van der Waals surface area contributed by atoms with Gasteiger partial charge in [-0.3, -0.25) is 4.90 Å². The number of hydrogen-bond donors (Lipinski definition) is 1. The van der Waals surface area contributed by atoms with Crippen molar-refractivity contribution in [3.8, 4) is 5.00 Å². The molecule has 1 aliphatic rings. The van der Waals surface area contributed by atoms with Gasteiger partial charge in [0, 0.05) is 25.5 Å². The predicted octanol–water partition coefficient (Wildman–Crippen LogP) is 2.55. The average molecular weight is 353 g/mol. The number of anilines is 1. The van der Waals surface area contributed by atoms with Gasteiger partial charge in [-0.1, -0.05) is 0 Å². The van der Waals surface area contributed by atoms with E-state index in [1.807, 2.05) is 23.0 Å². The zero-order chi connectivity index (χ0) is 17.0. The van der Waals surface area contributed by atoms with Gasteiger partial charge in [-0.15, -0.1) is 11.3 Å². The van der Waals surface area contributed by atoms with E-state index in [0.717, 1.165) is 51.7 Å². The van der Waals surface area contributed by atoms with Gasteiger partial charge in [0.1, 0.15) is 16.3 Å². The van der Waals surface area contributed by atoms with Crippen molar-refractivity contribution in [2.75, 3.05) is 18.8 Å². The molecule has 5 heterocycles. The molecule has 0 aromatic carbocycles. The van der Waals surface area contributed by atoms with Crippen LogP contribution in [0.25, 0.3) is 26.3 Å². The van der Waals surface area contributed by atoms with Gasteiger partial charge in [0.15, 0.2) is 5.82 Å². The second kappa shape index (κ2) is 5.53. The van der Waals surface area contributed by atoms with E-state index in [9.17, 15) is 0 Å². The Labute approximate surface area is 148 Å². The number of rotatable bonds is 3. The third-order valence-electron chi connectivity index (χ3n) is 4.88. The monoisotopic (exact) mass is 353 g/mol. The van der Waals surface area contributed by atoms with Crippen LogP contribution in [-0.2, 0) is 13.6 Å². The lowest BCUT2D eigenvalue weighted by atomic mass is 10.3. The molecule has 0 aliphatic carbocycles. The van der Waals surface area contributed by atoms with Crippen LogP contribution in [0.15, 0.2) is 24.5 Å². The Morgan fingerprint density at radius 1 is 1.24 bits per heavy atom. The Balaban J connectivity index is 1.69. The summed E-state index contributed by atoms with van der Waals surface area (Å²) < 4.78 is 5.14. The van der Waals surface area contributed by atoms with Crippen molar-refractivity contribution in [1.82, 2.24) is 29.2 Å². The lowest BCUT2D eigenvalue weighted by Gasteiger charge is -2.13. The normalized spacial score (nSPS) is 15.7. The summed E-state index contributed by atoms with van der Waals surface area (Å²) >= 11 is 1.67. The summed E-state index contributed by atoms with van der Waals surface area (Å²) in [5, 5.41) is 5.35. The molecule has 4 aromatic rings. The van der Waals surface area contributed by atoms with Crippen LogP contribution < -0.4 is 5.73 Å². The van der Waals surface area contributed by atoms with E-state index in [1.165, 1.54) is 12.8 Å². The molecule has 8 heteroatoms. The SMILES string of the molecule is Cn1c(CN2CCCC2)nc2c(N)nc3cc(-n4cccn4)sc3c21. The summed E-state index contributed by atoms with van der Waals surface area (Å²) in [4.78, 5) is 11.8. The first-order chi connectivity index (χ1) is 12.2. The Kier molecular flexibility index (Phi) is 3.29. The Morgan fingerprint density at radius 2 is 2.08 bits per heavy atom. The Hall–Kier alpha value is -2.45. The van der Waals surface area contributed by atoms with E-state index in [1.54, 1.807) is 17.5 Å². The molecule has 0 amide bonds. The number of nitrogen functional groups attached to an aromatic ring is 1. The number of aromatic nitrogens is 5. The molecule has 1 fully saturated rings. The van der Waals surface area contributed by atoms with Crippen molar-refractivity contribution in [3.05, 3.63) is 30.4 Å². The van der Waals surface area contributed by atoms with Gasteiger partial charge in [-0.2, -0.15) is 5.10 Å². The number of hydrogen-bond acceptors (Lipinski definition) is 6. The standard InChI is InChI=1S/C17H19N7S/c1-22-12(10-23-6-2-3-7-23)21-14-15(22)16-11(20-17(14)18)9-13(25-16)24-8-4-5-19-24/h4-5,8-9H,2-3,6-7,10H2,1H3,(H2,18,20). The first-order valence-corrected chi connectivity index (χ1v) is 9.29. The van der Waals surface area contributed by atoms with Gasteiger partial charge < -0.3 is 10.3 Å². The lowest BCUT2D eigenvalue weighted by Crippen LogP contribution is -2.20. The van der Waals surface area contributed by atoms with Gasteiger partial charge >= 0.3 is 0 Å². The molecular formula is C17H19N7S. The Morgan fingerprint density at radius 3 is 2.84 bits per heavy atom. The minimum absolute atomic E-state index is 0.496. The minimum atomic E-state index is 0.496. The zero-order valence-electron chi connectivity index (χ0n) is 14.0. The highest BCUT2D eigenvalue weighted by Gasteiger charge is 2.20. The number of fused-ring (bicyclic) bond motifs is 3. The molecular weight excluding hydrogens is 334 g/mol. The van der Waals surface area contributed by atoms with Crippen LogP contribution in [-0.4, -0.2) is 42.3 Å². The summed E-state index contributed by atoms with van der Waals surface area (Å²) in [5.41, 5.74) is 8.99. The second-order valence-corrected chi connectivity index (χ2v) is 7.54. The maximum Gasteiger partial charge on any atom is 0.152 e. The molecule has 0 radical (unpaired) electrons. The van der Waals surface area contributed by atoms with Crippen LogP contribution >= 0.6 is 11.3 Å². The number of imidazole rings is 1.